The van der Waals surface area contributed by atoms with Gasteiger partial charge < -0.3 is 25.0 Å². The second-order valence-corrected chi connectivity index (χ2v) is 11.5. The number of amides is 2. The molecule has 2 heterocycles. The highest BCUT2D eigenvalue weighted by atomic mass is 16.5. The molecule has 202 valence electrons. The number of anilines is 1. The number of carbonyl (C=O) groups excluding carboxylic acids is 1. The van der Waals surface area contributed by atoms with Crippen LogP contribution in [0, 0.1) is 12.3 Å². The number of nitrogens with zero attached hydrogens (tertiary/aromatic N) is 2. The summed E-state index contributed by atoms with van der Waals surface area (Å²) in [7, 11) is 0. The molecule has 0 saturated carbocycles. The molecule has 1 aromatic carbocycles. The number of morpholine rings is 2. The van der Waals surface area contributed by atoms with E-state index in [1.807, 2.05) is 6.07 Å². The Kier molecular flexibility index (Phi) is 9.11. The molecule has 2 N–H and O–H groups in total. The van der Waals surface area contributed by atoms with Crippen molar-refractivity contribution in [2.24, 2.45) is 5.41 Å². The van der Waals surface area contributed by atoms with Crippen LogP contribution in [0.2, 0.25) is 0 Å². The Morgan fingerprint density at radius 3 is 2.43 bits per heavy atom. The standard InChI is InChI=1S/C30H44N4O3/c1-22-6-7-25(32-29(35)31-9-8-30(3,4)5)21-27(22)24-19-26(33-10-14-36-15-11-33)18-23(2)28(20-24)34-12-16-37-17-13-34/h6-7,19-21,28H,2,8-18H2,1,3-5H3,(H2,31,32,35). The molecule has 1 aliphatic carbocycles. The van der Waals surface area contributed by atoms with Crippen LogP contribution in [0.1, 0.15) is 44.7 Å². The van der Waals surface area contributed by atoms with Gasteiger partial charge in [0.1, 0.15) is 0 Å². The number of urea groups is 1. The van der Waals surface area contributed by atoms with Crippen molar-refractivity contribution < 1.29 is 14.3 Å². The molecule has 1 atom stereocenters. The summed E-state index contributed by atoms with van der Waals surface area (Å²) in [4.78, 5) is 17.5. The fourth-order valence-corrected chi connectivity index (χ4v) is 5.08. The maximum absolute atomic E-state index is 12.6. The van der Waals surface area contributed by atoms with E-state index in [9.17, 15) is 4.79 Å². The van der Waals surface area contributed by atoms with Gasteiger partial charge in [-0.2, -0.15) is 0 Å². The third kappa shape index (κ3) is 7.69. The molecule has 2 amide bonds. The largest absolute Gasteiger partial charge is 0.379 e. The minimum Gasteiger partial charge on any atom is -0.379 e. The Hall–Kier alpha value is -2.61. The van der Waals surface area contributed by atoms with E-state index in [1.54, 1.807) is 0 Å². The topological polar surface area (TPSA) is 66.1 Å². The molecule has 1 unspecified atom stereocenters. The maximum Gasteiger partial charge on any atom is 0.319 e. The summed E-state index contributed by atoms with van der Waals surface area (Å²) in [5, 5.41) is 6.03. The number of allylic oxidation sites excluding steroid dienone is 3. The molecule has 2 fully saturated rings. The highest BCUT2D eigenvalue weighted by Crippen LogP contribution is 2.34. The van der Waals surface area contributed by atoms with Crippen molar-refractivity contribution in [2.75, 3.05) is 64.5 Å². The van der Waals surface area contributed by atoms with E-state index in [0.29, 0.717) is 6.54 Å². The van der Waals surface area contributed by atoms with Crippen LogP contribution in [0.5, 0.6) is 0 Å². The smallest absolute Gasteiger partial charge is 0.319 e. The average molecular weight is 509 g/mol. The van der Waals surface area contributed by atoms with E-state index in [0.717, 1.165) is 76.7 Å². The van der Waals surface area contributed by atoms with Crippen molar-refractivity contribution in [3.05, 3.63) is 59.3 Å². The van der Waals surface area contributed by atoms with E-state index in [4.69, 9.17) is 9.47 Å². The monoisotopic (exact) mass is 508 g/mol. The zero-order chi connectivity index (χ0) is 26.4. The average Bonchev–Trinajstić information content (AvgIpc) is 3.04. The van der Waals surface area contributed by atoms with Crippen LogP contribution in [0.25, 0.3) is 5.57 Å². The molecule has 0 bridgehead atoms. The van der Waals surface area contributed by atoms with Gasteiger partial charge in [-0.3, -0.25) is 4.90 Å². The summed E-state index contributed by atoms with van der Waals surface area (Å²) in [6.45, 7) is 20.4. The summed E-state index contributed by atoms with van der Waals surface area (Å²) >= 11 is 0. The van der Waals surface area contributed by atoms with Crippen LogP contribution in [0.15, 0.2) is 48.2 Å². The lowest BCUT2D eigenvalue weighted by Crippen LogP contribution is -2.43. The zero-order valence-electron chi connectivity index (χ0n) is 23.1. The molecule has 1 aromatic rings. The van der Waals surface area contributed by atoms with E-state index in [2.05, 4.69) is 79.0 Å². The van der Waals surface area contributed by atoms with Crippen molar-refractivity contribution in [2.45, 2.75) is 46.6 Å². The van der Waals surface area contributed by atoms with E-state index in [1.165, 1.54) is 22.4 Å². The Balaban J connectivity index is 1.61. The summed E-state index contributed by atoms with van der Waals surface area (Å²) in [6, 6.07) is 6.14. The van der Waals surface area contributed by atoms with Gasteiger partial charge in [-0.1, -0.05) is 45.1 Å². The minimum atomic E-state index is -0.169. The molecular formula is C30H44N4O3. The second-order valence-electron chi connectivity index (χ2n) is 11.5. The highest BCUT2D eigenvalue weighted by Gasteiger charge is 2.27. The molecule has 37 heavy (non-hydrogen) atoms. The normalized spacial score (nSPS) is 21.7. The maximum atomic E-state index is 12.6. The molecule has 2 aliphatic heterocycles. The van der Waals surface area contributed by atoms with E-state index in [-0.39, 0.29) is 17.5 Å². The lowest BCUT2D eigenvalue weighted by atomic mass is 9.92. The van der Waals surface area contributed by atoms with Gasteiger partial charge in [-0.05, 0) is 53.7 Å². The summed E-state index contributed by atoms with van der Waals surface area (Å²) in [5.74, 6) is 0. The van der Waals surface area contributed by atoms with Crippen LogP contribution in [0.3, 0.4) is 0 Å². The van der Waals surface area contributed by atoms with Gasteiger partial charge in [-0.25, -0.2) is 4.79 Å². The van der Waals surface area contributed by atoms with Gasteiger partial charge in [0.05, 0.1) is 32.5 Å². The van der Waals surface area contributed by atoms with Crippen LogP contribution in [-0.2, 0) is 9.47 Å². The third-order valence-electron chi connectivity index (χ3n) is 7.31. The van der Waals surface area contributed by atoms with Crippen molar-refractivity contribution in [3.8, 4) is 0 Å². The number of hydrogen-bond acceptors (Lipinski definition) is 5. The Bertz CT molecular complexity index is 1030. The van der Waals surface area contributed by atoms with Gasteiger partial charge in [0, 0.05) is 50.5 Å². The number of nitrogens with one attached hydrogen (secondary N) is 2. The third-order valence-corrected chi connectivity index (χ3v) is 7.31. The number of aryl methyl sites for hydroxylation is 1. The zero-order valence-corrected chi connectivity index (χ0v) is 23.1. The van der Waals surface area contributed by atoms with Crippen LogP contribution in [-0.4, -0.2) is 81.0 Å². The molecule has 7 nitrogen and oxygen atoms in total. The number of benzene rings is 1. The molecule has 7 heteroatoms. The molecule has 0 radical (unpaired) electrons. The van der Waals surface area contributed by atoms with Gasteiger partial charge in [0.25, 0.3) is 0 Å². The molecular weight excluding hydrogens is 464 g/mol. The summed E-state index contributed by atoms with van der Waals surface area (Å²) in [5.41, 5.74) is 6.95. The first-order valence-electron chi connectivity index (χ1n) is 13.6. The molecule has 0 aromatic heterocycles. The Morgan fingerprint density at radius 2 is 1.76 bits per heavy atom. The number of ether oxygens (including phenoxy) is 2. The molecule has 0 spiro atoms. The van der Waals surface area contributed by atoms with Gasteiger partial charge in [-0.15, -0.1) is 0 Å². The molecule has 4 rings (SSSR count). The minimum absolute atomic E-state index is 0.144. The first kappa shape index (κ1) is 27.4. The van der Waals surface area contributed by atoms with Gasteiger partial charge in [0.15, 0.2) is 0 Å². The van der Waals surface area contributed by atoms with E-state index >= 15 is 0 Å². The quantitative estimate of drug-likeness (QED) is 0.540. The lowest BCUT2D eigenvalue weighted by Gasteiger charge is -2.35. The predicted octanol–water partition coefficient (Wildman–Crippen LogP) is 4.81. The SMILES string of the molecule is C=C1CC(N2CCOCC2)=CC(c2cc(NC(=O)NCCC(C)(C)C)ccc2C)=CC1N1CCOCC1. The van der Waals surface area contributed by atoms with E-state index < -0.39 is 0 Å². The summed E-state index contributed by atoms with van der Waals surface area (Å²) in [6.07, 6.45) is 6.45. The lowest BCUT2D eigenvalue weighted by molar-refractivity contribution is 0.0307. The fraction of sp³-hybridized carbons (Fsp3) is 0.567. The number of carbonyl (C=O) groups is 1. The molecule has 3 aliphatic rings. The van der Waals surface area contributed by atoms with Gasteiger partial charge >= 0.3 is 6.03 Å². The van der Waals surface area contributed by atoms with Crippen LogP contribution in [0.4, 0.5) is 10.5 Å². The highest BCUT2D eigenvalue weighted by molar-refractivity contribution is 5.90. The Labute approximate surface area is 222 Å². The predicted molar refractivity (Wildman–Crippen MR) is 151 cm³/mol. The van der Waals surface area contributed by atoms with Gasteiger partial charge in [0.2, 0.25) is 0 Å². The first-order valence-corrected chi connectivity index (χ1v) is 13.6. The number of rotatable bonds is 6. The summed E-state index contributed by atoms with van der Waals surface area (Å²) < 4.78 is 11.3. The van der Waals surface area contributed by atoms with Crippen LogP contribution < -0.4 is 10.6 Å². The van der Waals surface area contributed by atoms with Crippen LogP contribution >= 0.6 is 0 Å². The van der Waals surface area contributed by atoms with Crippen molar-refractivity contribution in [1.82, 2.24) is 15.1 Å². The number of hydrogen-bond donors (Lipinski definition) is 2. The Morgan fingerprint density at radius 1 is 1.08 bits per heavy atom. The van der Waals surface area contributed by atoms with Crippen molar-refractivity contribution in [3.63, 3.8) is 0 Å². The first-order chi connectivity index (χ1) is 17.7. The molecule has 2 saturated heterocycles. The fourth-order valence-electron chi connectivity index (χ4n) is 5.08. The van der Waals surface area contributed by atoms with Crippen molar-refractivity contribution >= 4 is 17.3 Å². The van der Waals surface area contributed by atoms with Crippen molar-refractivity contribution in [1.29, 1.82) is 0 Å². The second kappa shape index (κ2) is 12.3.